The Kier molecular flexibility index (Phi) is 5.40. The molecule has 0 radical (unpaired) electrons. The summed E-state index contributed by atoms with van der Waals surface area (Å²) in [5, 5.41) is 13.3. The molecule has 1 saturated heterocycles. The maximum Gasteiger partial charge on any atom is 0.0685 e. The lowest BCUT2D eigenvalue weighted by molar-refractivity contribution is -0.271. The highest BCUT2D eigenvalue weighted by molar-refractivity contribution is 5.51. The second-order valence-electron chi connectivity index (χ2n) is 9.88. The smallest absolute Gasteiger partial charge is 0.0685 e. The average Bonchev–Trinajstić information content (AvgIpc) is 3.09. The molecule has 0 aliphatic carbocycles. The minimum absolute atomic E-state index is 0.163. The molecule has 146 valence electrons. The highest BCUT2D eigenvalue weighted by Gasteiger charge is 2.31. The number of hydrogen-bond acceptors (Lipinski definition) is 2. The molecule has 0 amide bonds. The topological polar surface area (TPSA) is 32.3 Å². The summed E-state index contributed by atoms with van der Waals surface area (Å²) in [5.41, 5.74) is 3.91. The van der Waals surface area contributed by atoms with Gasteiger partial charge in [0, 0.05) is 12.5 Å². The predicted molar refractivity (Wildman–Crippen MR) is 111 cm³/mol. The third-order valence-corrected chi connectivity index (χ3v) is 5.58. The molecule has 1 fully saturated rings. The molecule has 0 saturated carbocycles. The van der Waals surface area contributed by atoms with Crippen LogP contribution in [-0.4, -0.2) is 12.7 Å². The van der Waals surface area contributed by atoms with Gasteiger partial charge in [-0.1, -0.05) is 84.0 Å². The van der Waals surface area contributed by atoms with E-state index < -0.39 is 0 Å². The Hall–Kier alpha value is -1.80. The molecule has 27 heavy (non-hydrogen) atoms. The monoisotopic (exact) mass is 365 g/mol. The highest BCUT2D eigenvalue weighted by atomic mass is 16.5. The molecule has 1 aliphatic rings. The molecule has 2 heteroatoms. The van der Waals surface area contributed by atoms with Crippen molar-refractivity contribution in [2.24, 2.45) is 0 Å². The van der Waals surface area contributed by atoms with Gasteiger partial charge in [0.1, 0.15) is 0 Å². The number of hydrogen-bond donors (Lipinski definition) is 0. The molecular weight excluding hydrogens is 332 g/mol. The minimum atomic E-state index is -0.190. The van der Waals surface area contributed by atoms with Gasteiger partial charge in [0.15, 0.2) is 0 Å². The van der Waals surface area contributed by atoms with Crippen LogP contribution < -0.4 is 5.11 Å². The minimum Gasteiger partial charge on any atom is -0.872 e. The van der Waals surface area contributed by atoms with Crippen molar-refractivity contribution in [3.63, 3.8) is 0 Å². The van der Waals surface area contributed by atoms with Crippen LogP contribution in [0.4, 0.5) is 0 Å². The zero-order valence-electron chi connectivity index (χ0n) is 17.6. The van der Waals surface area contributed by atoms with Crippen LogP contribution in [0.3, 0.4) is 0 Å². The Morgan fingerprint density at radius 2 is 1.44 bits per heavy atom. The van der Waals surface area contributed by atoms with E-state index in [4.69, 9.17) is 4.74 Å². The van der Waals surface area contributed by atoms with Crippen LogP contribution in [0.15, 0.2) is 42.5 Å². The van der Waals surface area contributed by atoms with Gasteiger partial charge in [0.05, 0.1) is 6.10 Å². The van der Waals surface area contributed by atoms with Gasteiger partial charge >= 0.3 is 0 Å². The molecule has 2 unspecified atom stereocenters. The molecule has 0 aromatic heterocycles. The van der Waals surface area contributed by atoms with Crippen molar-refractivity contribution in [3.8, 4) is 5.75 Å². The van der Waals surface area contributed by atoms with Crippen LogP contribution in [0.2, 0.25) is 0 Å². The van der Waals surface area contributed by atoms with E-state index in [1.165, 1.54) is 11.1 Å². The molecule has 3 rings (SSSR count). The molecule has 2 aromatic rings. The fourth-order valence-electron chi connectivity index (χ4n) is 4.09. The van der Waals surface area contributed by atoms with Gasteiger partial charge in [-0.05, 0) is 45.9 Å². The summed E-state index contributed by atoms with van der Waals surface area (Å²) in [4.78, 5) is 0. The molecule has 2 nitrogen and oxygen atoms in total. The van der Waals surface area contributed by atoms with E-state index >= 15 is 0 Å². The second kappa shape index (κ2) is 7.31. The molecule has 0 bridgehead atoms. The van der Waals surface area contributed by atoms with Crippen molar-refractivity contribution in [3.05, 3.63) is 64.7 Å². The largest absolute Gasteiger partial charge is 0.872 e. The quantitative estimate of drug-likeness (QED) is 0.702. The first-order chi connectivity index (χ1) is 12.6. The summed E-state index contributed by atoms with van der Waals surface area (Å²) in [6, 6.07) is 14.9. The first kappa shape index (κ1) is 19.9. The first-order valence-corrected chi connectivity index (χ1v) is 10.1. The molecule has 1 aliphatic heterocycles. The number of rotatable bonds is 3. The third-order valence-electron chi connectivity index (χ3n) is 5.58. The van der Waals surface area contributed by atoms with Gasteiger partial charge in [-0.25, -0.2) is 0 Å². The summed E-state index contributed by atoms with van der Waals surface area (Å²) < 4.78 is 6.13. The summed E-state index contributed by atoms with van der Waals surface area (Å²) in [6.07, 6.45) is 2.34. The average molecular weight is 366 g/mol. The van der Waals surface area contributed by atoms with E-state index in [-0.39, 0.29) is 28.6 Å². The molecule has 0 N–H and O–H groups in total. The Labute approximate surface area is 164 Å². The van der Waals surface area contributed by atoms with E-state index in [1.807, 2.05) is 0 Å². The molecular formula is C25H33O2-. The Bertz CT molecular complexity index is 737. The lowest BCUT2D eigenvalue weighted by Gasteiger charge is -2.36. The standard InChI is InChI=1S/C25H34O2/c1-24(2,3)19-15-18(16-20(23(19)26)25(4,5)6)22(21-13-10-14-27-21)17-11-8-7-9-12-17/h7-9,11-12,15-16,21-22,26H,10,13-14H2,1-6H3/p-1. The van der Waals surface area contributed by atoms with Crippen LogP contribution in [-0.2, 0) is 15.6 Å². The van der Waals surface area contributed by atoms with Crippen LogP contribution in [0.5, 0.6) is 5.75 Å². The van der Waals surface area contributed by atoms with Crippen LogP contribution >= 0.6 is 0 Å². The van der Waals surface area contributed by atoms with Gasteiger partial charge in [0.2, 0.25) is 0 Å². The van der Waals surface area contributed by atoms with Crippen molar-refractivity contribution in [1.82, 2.24) is 0 Å². The van der Waals surface area contributed by atoms with E-state index in [0.29, 0.717) is 0 Å². The molecule has 1 heterocycles. The van der Waals surface area contributed by atoms with Crippen LogP contribution in [0.25, 0.3) is 0 Å². The number of ether oxygens (including phenoxy) is 1. The van der Waals surface area contributed by atoms with Crippen LogP contribution in [0, 0.1) is 0 Å². The summed E-state index contributed by atoms with van der Waals surface area (Å²) in [5.74, 6) is 0.356. The Balaban J connectivity index is 2.22. The van der Waals surface area contributed by atoms with Crippen molar-refractivity contribution >= 4 is 0 Å². The fourth-order valence-corrected chi connectivity index (χ4v) is 4.09. The Morgan fingerprint density at radius 3 is 1.89 bits per heavy atom. The zero-order chi connectivity index (χ0) is 19.8. The summed E-state index contributed by atoms with van der Waals surface area (Å²) in [7, 11) is 0. The van der Waals surface area contributed by atoms with Gasteiger partial charge in [-0.2, -0.15) is 0 Å². The third kappa shape index (κ3) is 4.21. The fraction of sp³-hybridized carbons (Fsp3) is 0.520. The van der Waals surface area contributed by atoms with Gasteiger partial charge in [-0.3, -0.25) is 0 Å². The van der Waals surface area contributed by atoms with E-state index in [0.717, 1.165) is 30.6 Å². The molecule has 2 atom stereocenters. The highest BCUT2D eigenvalue weighted by Crippen LogP contribution is 2.43. The SMILES string of the molecule is CC(C)(C)c1cc(C(c2ccccc2)C2CCCO2)cc(C(C)(C)C)c1[O-]. The lowest BCUT2D eigenvalue weighted by Crippen LogP contribution is -2.24. The number of benzene rings is 2. The van der Waals surface area contributed by atoms with Crippen molar-refractivity contribution in [2.45, 2.75) is 77.2 Å². The van der Waals surface area contributed by atoms with Crippen molar-refractivity contribution in [2.75, 3.05) is 6.61 Å². The van der Waals surface area contributed by atoms with E-state index in [1.54, 1.807) is 0 Å². The van der Waals surface area contributed by atoms with E-state index in [9.17, 15) is 5.11 Å². The maximum atomic E-state index is 13.3. The van der Waals surface area contributed by atoms with Crippen LogP contribution in [0.1, 0.15) is 82.6 Å². The van der Waals surface area contributed by atoms with Crippen molar-refractivity contribution in [1.29, 1.82) is 0 Å². The first-order valence-electron chi connectivity index (χ1n) is 10.1. The lowest BCUT2D eigenvalue weighted by atomic mass is 9.75. The van der Waals surface area contributed by atoms with Gasteiger partial charge in [-0.15, -0.1) is 5.75 Å². The predicted octanol–water partition coefficient (Wildman–Crippen LogP) is 5.67. The zero-order valence-corrected chi connectivity index (χ0v) is 17.6. The summed E-state index contributed by atoms with van der Waals surface area (Å²) in [6.45, 7) is 13.6. The normalized spacial score (nSPS) is 19.3. The van der Waals surface area contributed by atoms with Gasteiger partial charge in [0.25, 0.3) is 0 Å². The van der Waals surface area contributed by atoms with Gasteiger partial charge < -0.3 is 9.84 Å². The maximum absolute atomic E-state index is 13.3. The second-order valence-corrected chi connectivity index (χ2v) is 9.88. The van der Waals surface area contributed by atoms with E-state index in [2.05, 4.69) is 84.0 Å². The van der Waals surface area contributed by atoms with Crippen molar-refractivity contribution < 1.29 is 9.84 Å². The molecule has 0 spiro atoms. The summed E-state index contributed by atoms with van der Waals surface area (Å²) >= 11 is 0. The molecule has 2 aromatic carbocycles. The Morgan fingerprint density at radius 1 is 0.889 bits per heavy atom.